The van der Waals surface area contributed by atoms with Crippen molar-refractivity contribution in [2.24, 2.45) is 0 Å². The van der Waals surface area contributed by atoms with Crippen LogP contribution in [0.4, 0.5) is 4.39 Å². The van der Waals surface area contributed by atoms with E-state index < -0.39 is 5.97 Å². The first-order valence-electron chi connectivity index (χ1n) is 5.07. The molecule has 1 N–H and O–H groups in total. The molecule has 1 heterocycles. The van der Waals surface area contributed by atoms with Crippen molar-refractivity contribution in [3.63, 3.8) is 0 Å². The van der Waals surface area contributed by atoms with Crippen molar-refractivity contribution in [3.8, 4) is 0 Å². The van der Waals surface area contributed by atoms with Gasteiger partial charge in [0.2, 0.25) is 0 Å². The Morgan fingerprint density at radius 3 is 2.88 bits per heavy atom. The van der Waals surface area contributed by atoms with Crippen LogP contribution in [0.15, 0.2) is 30.6 Å². The van der Waals surface area contributed by atoms with Gasteiger partial charge in [-0.1, -0.05) is 6.07 Å². The molecule has 4 nitrogen and oxygen atoms in total. The molecule has 0 saturated heterocycles. The molecule has 0 saturated carbocycles. The summed E-state index contributed by atoms with van der Waals surface area (Å²) in [5, 5.41) is 12.7. The van der Waals surface area contributed by atoms with E-state index in [0.717, 1.165) is 11.1 Å². The predicted octanol–water partition coefficient (Wildman–Crippen LogP) is 2.08. The molecule has 0 spiro atoms. The summed E-state index contributed by atoms with van der Waals surface area (Å²) >= 11 is 0. The Morgan fingerprint density at radius 2 is 2.29 bits per heavy atom. The number of carbonyl (C=O) groups is 1. The number of aromatic nitrogens is 2. The van der Waals surface area contributed by atoms with Gasteiger partial charge in [0.1, 0.15) is 5.82 Å². The van der Waals surface area contributed by atoms with E-state index in [1.165, 1.54) is 29.2 Å². The number of halogens is 1. The third-order valence-electron chi connectivity index (χ3n) is 2.52. The number of nitrogens with zero attached hydrogens (tertiary/aromatic N) is 2. The van der Waals surface area contributed by atoms with E-state index in [-0.39, 0.29) is 11.4 Å². The maximum absolute atomic E-state index is 12.9. The topological polar surface area (TPSA) is 55.1 Å². The first-order valence-corrected chi connectivity index (χ1v) is 5.07. The molecule has 1 aromatic heterocycles. The van der Waals surface area contributed by atoms with Crippen LogP contribution in [0.3, 0.4) is 0 Å². The van der Waals surface area contributed by atoms with E-state index in [1.54, 1.807) is 13.0 Å². The molecule has 0 bridgehead atoms. The Bertz CT molecular complexity index is 563. The molecule has 5 heteroatoms. The third-order valence-corrected chi connectivity index (χ3v) is 2.52. The second kappa shape index (κ2) is 4.37. The summed E-state index contributed by atoms with van der Waals surface area (Å²) in [4.78, 5) is 10.7. The molecule has 0 atom stereocenters. The van der Waals surface area contributed by atoms with Crippen LogP contribution in [-0.2, 0) is 6.54 Å². The summed E-state index contributed by atoms with van der Waals surface area (Å²) in [6.45, 7) is 2.24. The average molecular weight is 234 g/mol. The van der Waals surface area contributed by atoms with Crippen molar-refractivity contribution >= 4 is 5.97 Å². The molecule has 0 aliphatic carbocycles. The van der Waals surface area contributed by atoms with Crippen molar-refractivity contribution in [1.29, 1.82) is 0 Å². The third kappa shape index (κ3) is 2.50. The molecule has 0 aliphatic rings. The number of carboxylic acids is 1. The van der Waals surface area contributed by atoms with Gasteiger partial charge >= 0.3 is 5.97 Å². The van der Waals surface area contributed by atoms with Crippen molar-refractivity contribution in [2.75, 3.05) is 0 Å². The quantitative estimate of drug-likeness (QED) is 0.884. The van der Waals surface area contributed by atoms with Crippen LogP contribution < -0.4 is 0 Å². The van der Waals surface area contributed by atoms with Gasteiger partial charge in [-0.05, 0) is 30.2 Å². The van der Waals surface area contributed by atoms with E-state index in [1.807, 2.05) is 0 Å². The number of hydrogen-bond acceptors (Lipinski definition) is 2. The highest BCUT2D eigenvalue weighted by atomic mass is 19.1. The van der Waals surface area contributed by atoms with Gasteiger partial charge in [0, 0.05) is 6.20 Å². The van der Waals surface area contributed by atoms with E-state index in [9.17, 15) is 9.18 Å². The minimum absolute atomic E-state index is 0.143. The highest BCUT2D eigenvalue weighted by Gasteiger charge is 2.07. The van der Waals surface area contributed by atoms with E-state index >= 15 is 0 Å². The lowest BCUT2D eigenvalue weighted by atomic mass is 10.1. The number of hydrogen-bond donors (Lipinski definition) is 1. The molecule has 17 heavy (non-hydrogen) atoms. The van der Waals surface area contributed by atoms with E-state index in [4.69, 9.17) is 5.11 Å². The smallest absolute Gasteiger partial charge is 0.338 e. The summed E-state index contributed by atoms with van der Waals surface area (Å²) in [6, 6.07) is 4.49. The minimum atomic E-state index is -1.01. The lowest BCUT2D eigenvalue weighted by molar-refractivity contribution is 0.0697. The predicted molar refractivity (Wildman–Crippen MR) is 59.4 cm³/mol. The molecular weight excluding hydrogens is 223 g/mol. The van der Waals surface area contributed by atoms with Crippen LogP contribution in [-0.4, -0.2) is 20.9 Å². The van der Waals surface area contributed by atoms with Crippen LogP contribution in [0.25, 0.3) is 0 Å². The molecule has 2 aromatic rings. The standard InChI is InChI=1S/C12H11FN2O2/c1-8-4-11(13)3-2-9(8)6-15-7-10(5-14-15)12(16)17/h2-5,7H,6H2,1H3,(H,16,17). The number of carboxylic acid groups (broad SMARTS) is 1. The lowest BCUT2D eigenvalue weighted by Gasteiger charge is -2.05. The summed E-state index contributed by atoms with van der Waals surface area (Å²) in [6.07, 6.45) is 2.74. The molecule has 0 aliphatic heterocycles. The van der Waals surface area contributed by atoms with Crippen LogP contribution in [0.2, 0.25) is 0 Å². The Labute approximate surface area is 97.3 Å². The van der Waals surface area contributed by atoms with Gasteiger partial charge < -0.3 is 5.11 Å². The lowest BCUT2D eigenvalue weighted by Crippen LogP contribution is -2.02. The zero-order chi connectivity index (χ0) is 12.4. The van der Waals surface area contributed by atoms with Gasteiger partial charge in [0.05, 0.1) is 18.3 Å². The van der Waals surface area contributed by atoms with Gasteiger partial charge in [-0.2, -0.15) is 5.10 Å². The maximum atomic E-state index is 12.9. The largest absolute Gasteiger partial charge is 0.478 e. The Morgan fingerprint density at radius 1 is 1.53 bits per heavy atom. The van der Waals surface area contributed by atoms with E-state index in [2.05, 4.69) is 5.10 Å². The molecule has 2 rings (SSSR count). The minimum Gasteiger partial charge on any atom is -0.478 e. The van der Waals surface area contributed by atoms with E-state index in [0.29, 0.717) is 6.54 Å². The molecular formula is C12H11FN2O2. The van der Waals surface area contributed by atoms with Gasteiger partial charge in [-0.3, -0.25) is 4.68 Å². The maximum Gasteiger partial charge on any atom is 0.338 e. The SMILES string of the molecule is Cc1cc(F)ccc1Cn1cc(C(=O)O)cn1. The van der Waals surface area contributed by atoms with Gasteiger partial charge in [-0.15, -0.1) is 0 Å². The van der Waals surface area contributed by atoms with Crippen molar-refractivity contribution in [1.82, 2.24) is 9.78 Å². The van der Waals surface area contributed by atoms with Crippen molar-refractivity contribution < 1.29 is 14.3 Å². The highest BCUT2D eigenvalue weighted by molar-refractivity contribution is 5.86. The molecule has 0 radical (unpaired) electrons. The Hall–Kier alpha value is -2.17. The zero-order valence-electron chi connectivity index (χ0n) is 9.22. The molecule has 88 valence electrons. The normalized spacial score (nSPS) is 10.5. The Kier molecular flexibility index (Phi) is 2.91. The first kappa shape index (κ1) is 11.3. The van der Waals surface area contributed by atoms with Crippen molar-refractivity contribution in [3.05, 3.63) is 53.1 Å². The van der Waals surface area contributed by atoms with Gasteiger partial charge in [0.25, 0.3) is 0 Å². The van der Waals surface area contributed by atoms with Gasteiger partial charge in [0.15, 0.2) is 0 Å². The zero-order valence-corrected chi connectivity index (χ0v) is 9.22. The summed E-state index contributed by atoms with van der Waals surface area (Å²) < 4.78 is 14.4. The van der Waals surface area contributed by atoms with Crippen LogP contribution >= 0.6 is 0 Å². The van der Waals surface area contributed by atoms with Crippen molar-refractivity contribution in [2.45, 2.75) is 13.5 Å². The monoisotopic (exact) mass is 234 g/mol. The number of aromatic carboxylic acids is 1. The van der Waals surface area contributed by atoms with Crippen LogP contribution in [0, 0.1) is 12.7 Å². The van der Waals surface area contributed by atoms with Crippen LogP contribution in [0.5, 0.6) is 0 Å². The summed E-state index contributed by atoms with van der Waals surface area (Å²) in [7, 11) is 0. The second-order valence-electron chi connectivity index (χ2n) is 3.80. The number of benzene rings is 1. The fraction of sp³-hybridized carbons (Fsp3) is 0.167. The fourth-order valence-corrected chi connectivity index (χ4v) is 1.57. The second-order valence-corrected chi connectivity index (χ2v) is 3.80. The highest BCUT2D eigenvalue weighted by Crippen LogP contribution is 2.11. The molecule has 1 aromatic carbocycles. The number of aryl methyl sites for hydroxylation is 1. The molecule has 0 amide bonds. The molecule has 0 unspecified atom stereocenters. The summed E-state index contributed by atoms with van der Waals surface area (Å²) in [5.41, 5.74) is 1.87. The average Bonchev–Trinajstić information content (AvgIpc) is 2.71. The number of rotatable bonds is 3. The van der Waals surface area contributed by atoms with Gasteiger partial charge in [-0.25, -0.2) is 9.18 Å². The van der Waals surface area contributed by atoms with Crippen LogP contribution in [0.1, 0.15) is 21.5 Å². The first-order chi connectivity index (χ1) is 8.06. The molecule has 0 fully saturated rings. The summed E-state index contributed by atoms with van der Waals surface area (Å²) in [5.74, 6) is -1.29. The fourth-order valence-electron chi connectivity index (χ4n) is 1.57. The Balaban J connectivity index is 2.22.